The molecule has 2 saturated heterocycles. The van der Waals surface area contributed by atoms with E-state index in [0.717, 1.165) is 45.2 Å². The number of hydrogen-bond acceptors (Lipinski definition) is 4. The van der Waals surface area contributed by atoms with Crippen LogP contribution in [0, 0.1) is 5.41 Å². The Labute approximate surface area is 152 Å². The van der Waals surface area contributed by atoms with Crippen molar-refractivity contribution in [2.45, 2.75) is 57.7 Å². The van der Waals surface area contributed by atoms with Crippen molar-refractivity contribution in [3.05, 3.63) is 22.4 Å². The largest absolute Gasteiger partial charge is 0.368 e. The SMILES string of the molecule is CC(=O)N(Cc1ccsc1)[C@H]1CC12CCN(C(=O)[C@@H]1CCCO1)CC2. The zero-order valence-electron chi connectivity index (χ0n) is 14.8. The molecule has 5 nitrogen and oxygen atoms in total. The van der Waals surface area contributed by atoms with E-state index in [4.69, 9.17) is 4.74 Å². The second-order valence-electron chi connectivity index (χ2n) is 7.69. The van der Waals surface area contributed by atoms with Gasteiger partial charge in [-0.2, -0.15) is 11.3 Å². The molecule has 4 rings (SSSR count). The smallest absolute Gasteiger partial charge is 0.251 e. The number of hydrogen-bond donors (Lipinski definition) is 0. The van der Waals surface area contributed by atoms with Crippen LogP contribution in [0.25, 0.3) is 0 Å². The van der Waals surface area contributed by atoms with E-state index in [1.165, 1.54) is 5.56 Å². The van der Waals surface area contributed by atoms with Crippen LogP contribution in [-0.2, 0) is 20.9 Å². The fourth-order valence-corrected chi connectivity index (χ4v) is 5.13. The number of ether oxygens (including phenoxy) is 1. The lowest BCUT2D eigenvalue weighted by Crippen LogP contribution is -2.46. The monoisotopic (exact) mass is 362 g/mol. The normalized spacial score (nSPS) is 27.5. The molecule has 1 spiro atoms. The lowest BCUT2D eigenvalue weighted by molar-refractivity contribution is -0.143. The first kappa shape index (κ1) is 17.0. The second kappa shape index (κ2) is 6.72. The van der Waals surface area contributed by atoms with Crippen molar-refractivity contribution in [1.29, 1.82) is 0 Å². The molecule has 0 bridgehead atoms. The highest BCUT2D eigenvalue weighted by molar-refractivity contribution is 7.07. The average Bonchev–Trinajstić information content (AvgIpc) is 3.07. The van der Waals surface area contributed by atoms with Crippen molar-refractivity contribution < 1.29 is 14.3 Å². The summed E-state index contributed by atoms with van der Waals surface area (Å²) >= 11 is 1.67. The zero-order valence-corrected chi connectivity index (χ0v) is 15.6. The summed E-state index contributed by atoms with van der Waals surface area (Å²) < 4.78 is 5.54. The molecule has 3 aliphatic rings. The minimum absolute atomic E-state index is 0.158. The summed E-state index contributed by atoms with van der Waals surface area (Å²) in [6.45, 7) is 4.71. The molecular formula is C19H26N2O3S. The van der Waals surface area contributed by atoms with Crippen molar-refractivity contribution in [2.75, 3.05) is 19.7 Å². The van der Waals surface area contributed by atoms with E-state index in [2.05, 4.69) is 16.8 Å². The minimum Gasteiger partial charge on any atom is -0.368 e. The standard InChI is InChI=1S/C19H26N2O3S/c1-14(22)21(12-15-4-10-25-13-15)17-11-19(17)5-7-20(8-6-19)18(23)16-3-2-9-24-16/h4,10,13,16-17H,2-3,5-9,11-12H2,1H3/t16-,17-/m0/s1. The van der Waals surface area contributed by atoms with Crippen LogP contribution >= 0.6 is 11.3 Å². The summed E-state index contributed by atoms with van der Waals surface area (Å²) in [4.78, 5) is 28.7. The van der Waals surface area contributed by atoms with E-state index < -0.39 is 0 Å². The molecule has 1 aromatic rings. The van der Waals surface area contributed by atoms with Gasteiger partial charge in [0.2, 0.25) is 5.91 Å². The van der Waals surface area contributed by atoms with Crippen molar-refractivity contribution in [3.63, 3.8) is 0 Å². The van der Waals surface area contributed by atoms with Crippen LogP contribution in [-0.4, -0.2) is 53.5 Å². The maximum absolute atomic E-state index is 12.5. The summed E-state index contributed by atoms with van der Waals surface area (Å²) in [7, 11) is 0. The average molecular weight is 362 g/mol. The maximum atomic E-state index is 12.5. The highest BCUT2D eigenvalue weighted by Crippen LogP contribution is 2.57. The first-order chi connectivity index (χ1) is 12.1. The lowest BCUT2D eigenvalue weighted by Gasteiger charge is -2.35. The van der Waals surface area contributed by atoms with Gasteiger partial charge in [0.25, 0.3) is 5.91 Å². The first-order valence-electron chi connectivity index (χ1n) is 9.28. The first-order valence-corrected chi connectivity index (χ1v) is 10.2. The van der Waals surface area contributed by atoms with Crippen molar-refractivity contribution in [2.24, 2.45) is 5.41 Å². The molecule has 2 aliphatic heterocycles. The molecule has 136 valence electrons. The van der Waals surface area contributed by atoms with Gasteiger partial charge in [-0.15, -0.1) is 0 Å². The molecule has 0 unspecified atom stereocenters. The Bertz CT molecular complexity index is 631. The van der Waals surface area contributed by atoms with Crippen LogP contribution in [0.3, 0.4) is 0 Å². The third-order valence-electron chi connectivity index (χ3n) is 6.14. The zero-order chi connectivity index (χ0) is 17.4. The summed E-state index contributed by atoms with van der Waals surface area (Å²) in [6, 6.07) is 2.43. The topological polar surface area (TPSA) is 49.9 Å². The van der Waals surface area contributed by atoms with Gasteiger partial charge >= 0.3 is 0 Å². The highest BCUT2D eigenvalue weighted by atomic mass is 32.1. The van der Waals surface area contributed by atoms with Gasteiger partial charge < -0.3 is 14.5 Å². The van der Waals surface area contributed by atoms with Crippen molar-refractivity contribution in [1.82, 2.24) is 9.80 Å². The van der Waals surface area contributed by atoms with Gasteiger partial charge in [-0.3, -0.25) is 9.59 Å². The number of carbonyl (C=O) groups excluding carboxylic acids is 2. The van der Waals surface area contributed by atoms with Crippen LogP contribution in [0.2, 0.25) is 0 Å². The van der Waals surface area contributed by atoms with Gasteiger partial charge in [-0.25, -0.2) is 0 Å². The Kier molecular flexibility index (Phi) is 4.58. The summed E-state index contributed by atoms with van der Waals surface area (Å²) in [5.41, 5.74) is 1.45. The van der Waals surface area contributed by atoms with Gasteiger partial charge in [0.05, 0.1) is 0 Å². The van der Waals surface area contributed by atoms with Crippen LogP contribution in [0.1, 0.15) is 44.6 Å². The van der Waals surface area contributed by atoms with Crippen LogP contribution < -0.4 is 0 Å². The molecule has 0 aromatic carbocycles. The van der Waals surface area contributed by atoms with Crippen molar-refractivity contribution in [3.8, 4) is 0 Å². The number of amides is 2. The highest BCUT2D eigenvalue weighted by Gasteiger charge is 2.58. The summed E-state index contributed by atoms with van der Waals surface area (Å²) in [6.07, 6.45) is 4.73. The van der Waals surface area contributed by atoms with Gasteiger partial charge in [-0.05, 0) is 59.9 Å². The van der Waals surface area contributed by atoms with E-state index in [0.29, 0.717) is 19.2 Å². The van der Waals surface area contributed by atoms with E-state index in [1.807, 2.05) is 9.80 Å². The molecule has 1 aromatic heterocycles. The summed E-state index contributed by atoms with van der Waals surface area (Å²) in [5, 5.41) is 4.18. The minimum atomic E-state index is -0.212. The Morgan fingerprint density at radius 3 is 2.80 bits per heavy atom. The number of piperidine rings is 1. The maximum Gasteiger partial charge on any atom is 0.251 e. The van der Waals surface area contributed by atoms with E-state index in [9.17, 15) is 9.59 Å². The number of thiophene rings is 1. The Hall–Kier alpha value is -1.40. The molecule has 1 aliphatic carbocycles. The molecule has 0 N–H and O–H groups in total. The van der Waals surface area contributed by atoms with E-state index in [1.54, 1.807) is 18.3 Å². The lowest BCUT2D eigenvalue weighted by atomic mass is 9.91. The molecule has 2 amide bonds. The second-order valence-corrected chi connectivity index (χ2v) is 8.47. The van der Waals surface area contributed by atoms with Gasteiger partial charge in [0.15, 0.2) is 0 Å². The molecule has 6 heteroatoms. The predicted octanol–water partition coefficient (Wildman–Crippen LogP) is 2.66. The van der Waals surface area contributed by atoms with Crippen molar-refractivity contribution >= 4 is 23.2 Å². The van der Waals surface area contributed by atoms with Crippen LogP contribution in [0.4, 0.5) is 0 Å². The molecule has 1 saturated carbocycles. The number of rotatable bonds is 4. The van der Waals surface area contributed by atoms with Crippen LogP contribution in [0.15, 0.2) is 16.8 Å². The quantitative estimate of drug-likeness (QED) is 0.827. The Morgan fingerprint density at radius 1 is 1.40 bits per heavy atom. The number of likely N-dealkylation sites (tertiary alicyclic amines) is 1. The van der Waals surface area contributed by atoms with Gasteiger partial charge in [-0.1, -0.05) is 0 Å². The Morgan fingerprint density at radius 2 is 2.20 bits per heavy atom. The molecule has 0 radical (unpaired) electrons. The summed E-state index contributed by atoms with van der Waals surface area (Å²) in [5.74, 6) is 0.331. The van der Waals surface area contributed by atoms with Crippen LogP contribution in [0.5, 0.6) is 0 Å². The molecule has 25 heavy (non-hydrogen) atoms. The van der Waals surface area contributed by atoms with Gasteiger partial charge in [0, 0.05) is 39.2 Å². The molecule has 3 heterocycles. The predicted molar refractivity (Wildman–Crippen MR) is 96.2 cm³/mol. The molecular weight excluding hydrogens is 336 g/mol. The van der Waals surface area contributed by atoms with E-state index >= 15 is 0 Å². The third kappa shape index (κ3) is 3.34. The Balaban J connectivity index is 1.35. The molecule has 3 fully saturated rings. The van der Waals surface area contributed by atoms with Gasteiger partial charge in [0.1, 0.15) is 6.10 Å². The fourth-order valence-electron chi connectivity index (χ4n) is 4.47. The number of carbonyl (C=O) groups is 2. The van der Waals surface area contributed by atoms with E-state index in [-0.39, 0.29) is 23.3 Å². The number of nitrogens with zero attached hydrogens (tertiary/aromatic N) is 2. The molecule has 2 atom stereocenters. The third-order valence-corrected chi connectivity index (χ3v) is 6.87. The fraction of sp³-hybridized carbons (Fsp3) is 0.684.